The van der Waals surface area contributed by atoms with Crippen molar-refractivity contribution in [2.24, 2.45) is 0 Å². The molecule has 0 aliphatic carbocycles. The molecule has 0 aliphatic rings. The van der Waals surface area contributed by atoms with Crippen molar-refractivity contribution >= 4 is 23.3 Å². The summed E-state index contributed by atoms with van der Waals surface area (Å²) in [5.74, 6) is 0.107. The van der Waals surface area contributed by atoms with Crippen LogP contribution in [0.4, 0.5) is 5.69 Å². The fourth-order valence-corrected chi connectivity index (χ4v) is 2.66. The average Bonchev–Trinajstić information content (AvgIpc) is 3.20. The summed E-state index contributed by atoms with van der Waals surface area (Å²) in [4.78, 5) is 34.2. The summed E-state index contributed by atoms with van der Waals surface area (Å²) in [6.07, 6.45) is 1.29. The highest BCUT2D eigenvalue weighted by Crippen LogP contribution is 2.25. The minimum Gasteiger partial charge on any atom is -0.457 e. The molecule has 7 nitrogen and oxygen atoms in total. The Bertz CT molecular complexity index is 1180. The van der Waals surface area contributed by atoms with Crippen molar-refractivity contribution in [3.8, 4) is 17.4 Å². The number of benzene rings is 2. The zero-order chi connectivity index (χ0) is 21.0. The lowest BCUT2D eigenvalue weighted by atomic mass is 10.0. The second kappa shape index (κ2) is 8.15. The Kier molecular flexibility index (Phi) is 5.47. The molecule has 29 heavy (non-hydrogen) atoms. The van der Waals surface area contributed by atoms with E-state index in [0.29, 0.717) is 11.3 Å². The van der Waals surface area contributed by atoms with E-state index in [0.717, 1.165) is 11.6 Å². The van der Waals surface area contributed by atoms with E-state index in [1.54, 1.807) is 36.4 Å². The number of rotatable bonds is 6. The molecule has 3 aromatic rings. The summed E-state index contributed by atoms with van der Waals surface area (Å²) in [7, 11) is 0. The molecule has 0 N–H and O–H groups in total. The Morgan fingerprint density at radius 3 is 2.41 bits per heavy atom. The third-order valence-corrected chi connectivity index (χ3v) is 4.17. The van der Waals surface area contributed by atoms with Crippen LogP contribution in [0.2, 0.25) is 0 Å². The van der Waals surface area contributed by atoms with Crippen LogP contribution in [0.5, 0.6) is 0 Å². The summed E-state index contributed by atoms with van der Waals surface area (Å²) >= 11 is 0. The molecule has 0 unspecified atom stereocenters. The van der Waals surface area contributed by atoms with E-state index in [2.05, 4.69) is 0 Å². The molecule has 0 spiro atoms. The van der Waals surface area contributed by atoms with Crippen molar-refractivity contribution in [3.05, 3.63) is 93.2 Å². The number of ketones is 2. The van der Waals surface area contributed by atoms with E-state index in [-0.39, 0.29) is 28.4 Å². The minimum absolute atomic E-state index is 0.0404. The lowest BCUT2D eigenvalue weighted by Gasteiger charge is -2.00. The topological polar surface area (TPSA) is 114 Å². The average molecular weight is 386 g/mol. The third kappa shape index (κ3) is 4.34. The number of furan rings is 1. The summed E-state index contributed by atoms with van der Waals surface area (Å²) in [5.41, 5.74) is 0.910. The SMILES string of the molecule is CC(=O)c1ccc(-c2ccc(/C=C(\C#N)C(=O)c3cccc([N+](=O)[O-])c3)o2)cc1. The highest BCUT2D eigenvalue weighted by Gasteiger charge is 2.16. The van der Waals surface area contributed by atoms with E-state index in [1.807, 2.05) is 6.07 Å². The van der Waals surface area contributed by atoms with Crippen LogP contribution in [-0.2, 0) is 0 Å². The first kappa shape index (κ1) is 19.5. The Morgan fingerprint density at radius 2 is 1.79 bits per heavy atom. The second-order valence-corrected chi connectivity index (χ2v) is 6.14. The van der Waals surface area contributed by atoms with E-state index < -0.39 is 10.7 Å². The minimum atomic E-state index is -0.639. The van der Waals surface area contributed by atoms with Crippen LogP contribution in [-0.4, -0.2) is 16.5 Å². The molecular formula is C22H14N2O5. The van der Waals surface area contributed by atoms with Gasteiger partial charge in [-0.3, -0.25) is 19.7 Å². The number of carbonyl (C=O) groups excluding carboxylic acids is 2. The molecule has 1 aromatic heterocycles. The van der Waals surface area contributed by atoms with Gasteiger partial charge in [-0.1, -0.05) is 36.4 Å². The summed E-state index contributed by atoms with van der Waals surface area (Å²) in [6.45, 7) is 1.48. The van der Waals surface area contributed by atoms with Gasteiger partial charge in [-0.2, -0.15) is 5.26 Å². The first-order chi connectivity index (χ1) is 13.9. The summed E-state index contributed by atoms with van der Waals surface area (Å²) in [6, 6.07) is 17.1. The van der Waals surface area contributed by atoms with Crippen molar-refractivity contribution in [2.45, 2.75) is 6.92 Å². The van der Waals surface area contributed by atoms with Crippen LogP contribution < -0.4 is 0 Å². The third-order valence-electron chi connectivity index (χ3n) is 4.17. The lowest BCUT2D eigenvalue weighted by molar-refractivity contribution is -0.384. The van der Waals surface area contributed by atoms with Crippen LogP contribution in [0.25, 0.3) is 17.4 Å². The van der Waals surface area contributed by atoms with Gasteiger partial charge in [0.1, 0.15) is 23.2 Å². The smallest absolute Gasteiger partial charge is 0.270 e. The number of nitro benzene ring substituents is 1. The van der Waals surface area contributed by atoms with Crippen molar-refractivity contribution in [1.29, 1.82) is 5.26 Å². The summed E-state index contributed by atoms with van der Waals surface area (Å²) < 4.78 is 5.68. The molecule has 0 fully saturated rings. The highest BCUT2D eigenvalue weighted by molar-refractivity contribution is 6.14. The van der Waals surface area contributed by atoms with Gasteiger partial charge in [0.2, 0.25) is 5.78 Å². The van der Waals surface area contributed by atoms with E-state index in [1.165, 1.54) is 31.2 Å². The quantitative estimate of drug-likeness (QED) is 0.197. The van der Waals surface area contributed by atoms with Gasteiger partial charge < -0.3 is 4.42 Å². The molecule has 0 amide bonds. The van der Waals surface area contributed by atoms with Gasteiger partial charge in [-0.15, -0.1) is 0 Å². The number of hydrogen-bond donors (Lipinski definition) is 0. The largest absolute Gasteiger partial charge is 0.457 e. The Labute approximate surface area is 165 Å². The second-order valence-electron chi connectivity index (χ2n) is 6.14. The van der Waals surface area contributed by atoms with Gasteiger partial charge in [0, 0.05) is 34.9 Å². The fraction of sp³-hybridized carbons (Fsp3) is 0.0455. The maximum absolute atomic E-state index is 12.5. The predicted molar refractivity (Wildman–Crippen MR) is 105 cm³/mol. The Hall–Kier alpha value is -4.31. The van der Waals surface area contributed by atoms with Gasteiger partial charge >= 0.3 is 0 Å². The molecule has 142 valence electrons. The van der Waals surface area contributed by atoms with Gasteiger partial charge in [0.05, 0.1) is 4.92 Å². The molecule has 0 saturated heterocycles. The maximum atomic E-state index is 12.5. The molecule has 0 saturated carbocycles. The number of allylic oxidation sites excluding steroid dienone is 1. The molecule has 7 heteroatoms. The standard InChI is InChI=1S/C22H14N2O5/c1-14(25)15-5-7-16(8-6-15)21-10-9-20(29-21)12-18(13-23)22(26)17-3-2-4-19(11-17)24(27)28/h2-12H,1H3/b18-12+. The van der Waals surface area contributed by atoms with Crippen molar-refractivity contribution in [3.63, 3.8) is 0 Å². The number of nitro groups is 1. The zero-order valence-corrected chi connectivity index (χ0v) is 15.3. The fourth-order valence-electron chi connectivity index (χ4n) is 2.66. The first-order valence-electron chi connectivity index (χ1n) is 8.51. The molecular weight excluding hydrogens is 372 g/mol. The van der Waals surface area contributed by atoms with Crippen LogP contribution in [0, 0.1) is 21.4 Å². The predicted octanol–water partition coefficient (Wildman–Crippen LogP) is 4.85. The monoisotopic (exact) mass is 386 g/mol. The van der Waals surface area contributed by atoms with Crippen LogP contribution in [0.15, 0.2) is 70.7 Å². The number of carbonyl (C=O) groups is 2. The lowest BCUT2D eigenvalue weighted by Crippen LogP contribution is -2.02. The molecule has 1 heterocycles. The molecule has 0 bridgehead atoms. The maximum Gasteiger partial charge on any atom is 0.270 e. The highest BCUT2D eigenvalue weighted by atomic mass is 16.6. The molecule has 0 atom stereocenters. The number of nitriles is 1. The summed E-state index contributed by atoms with van der Waals surface area (Å²) in [5, 5.41) is 20.2. The van der Waals surface area contributed by atoms with E-state index in [9.17, 15) is 25.0 Å². The van der Waals surface area contributed by atoms with Crippen LogP contribution in [0.1, 0.15) is 33.4 Å². The van der Waals surface area contributed by atoms with Gasteiger partial charge in [0.25, 0.3) is 5.69 Å². The van der Waals surface area contributed by atoms with E-state index in [4.69, 9.17) is 4.42 Å². The number of hydrogen-bond acceptors (Lipinski definition) is 6. The Balaban J connectivity index is 1.87. The Morgan fingerprint density at radius 1 is 1.07 bits per heavy atom. The van der Waals surface area contributed by atoms with Crippen LogP contribution >= 0.6 is 0 Å². The van der Waals surface area contributed by atoms with Gasteiger partial charge in [0.15, 0.2) is 5.78 Å². The zero-order valence-electron chi connectivity index (χ0n) is 15.3. The number of nitrogens with zero attached hydrogens (tertiary/aromatic N) is 2. The molecule has 3 rings (SSSR count). The molecule has 0 radical (unpaired) electrons. The number of Topliss-reactive ketones (excluding diaryl/α,β-unsaturated/α-hetero) is 2. The number of non-ortho nitro benzene ring substituents is 1. The van der Waals surface area contributed by atoms with Crippen molar-refractivity contribution in [1.82, 2.24) is 0 Å². The normalized spacial score (nSPS) is 11.0. The van der Waals surface area contributed by atoms with Gasteiger partial charge in [-0.05, 0) is 19.1 Å². The molecule has 2 aromatic carbocycles. The van der Waals surface area contributed by atoms with Crippen LogP contribution in [0.3, 0.4) is 0 Å². The van der Waals surface area contributed by atoms with Crippen molar-refractivity contribution in [2.75, 3.05) is 0 Å². The van der Waals surface area contributed by atoms with Crippen molar-refractivity contribution < 1.29 is 18.9 Å². The van der Waals surface area contributed by atoms with Gasteiger partial charge in [-0.25, -0.2) is 0 Å². The first-order valence-corrected chi connectivity index (χ1v) is 8.51. The van der Waals surface area contributed by atoms with E-state index >= 15 is 0 Å². The molecule has 0 aliphatic heterocycles.